The molecule has 1 amide bonds. The van der Waals surface area contributed by atoms with E-state index in [2.05, 4.69) is 10.5 Å². The minimum absolute atomic E-state index is 0.0256. The van der Waals surface area contributed by atoms with Gasteiger partial charge in [-0.1, -0.05) is 16.8 Å². The van der Waals surface area contributed by atoms with Gasteiger partial charge in [0.25, 0.3) is 5.91 Å². The third-order valence-corrected chi connectivity index (χ3v) is 3.51. The Morgan fingerprint density at radius 1 is 1.08 bits per heavy atom. The first-order chi connectivity index (χ1) is 12.0. The largest absolute Gasteiger partial charge is 0.421 e. The summed E-state index contributed by atoms with van der Waals surface area (Å²) < 4.78 is 10.0. The number of nitrogens with one attached hydrogen (secondary N) is 1. The highest BCUT2D eigenvalue weighted by Crippen LogP contribution is 2.18. The fourth-order valence-electron chi connectivity index (χ4n) is 2.03. The summed E-state index contributed by atoms with van der Waals surface area (Å²) in [6.07, 6.45) is 0. The molecule has 0 atom stereocenters. The Hall–Kier alpha value is -3.12. The molecule has 1 N–H and O–H groups in total. The standard InChI is InChI=1S/C18H13ClN2O4/c1-11-10-16(25-21-11)18(23)24-15-8-6-14(7-9-15)20-17(22)12-2-4-13(19)5-3-12/h2-10H,1H3,(H,20,22). The van der Waals surface area contributed by atoms with Crippen molar-refractivity contribution in [2.24, 2.45) is 0 Å². The van der Waals surface area contributed by atoms with Crippen LogP contribution >= 0.6 is 11.6 Å². The third kappa shape index (κ3) is 4.24. The van der Waals surface area contributed by atoms with Gasteiger partial charge in [-0.25, -0.2) is 4.79 Å². The number of hydrogen-bond acceptors (Lipinski definition) is 5. The first kappa shape index (κ1) is 16.7. The second-order valence-corrected chi connectivity index (χ2v) is 5.64. The molecule has 0 saturated carbocycles. The number of amides is 1. The Labute approximate surface area is 148 Å². The molecule has 6 nitrogen and oxygen atoms in total. The number of esters is 1. The van der Waals surface area contributed by atoms with Crippen LogP contribution in [0.4, 0.5) is 5.69 Å². The number of anilines is 1. The second kappa shape index (κ2) is 7.19. The van der Waals surface area contributed by atoms with E-state index in [0.29, 0.717) is 27.7 Å². The van der Waals surface area contributed by atoms with Crippen LogP contribution in [0.15, 0.2) is 59.1 Å². The molecule has 0 aliphatic rings. The predicted molar refractivity (Wildman–Crippen MR) is 92.0 cm³/mol. The summed E-state index contributed by atoms with van der Waals surface area (Å²) in [5.74, 6) is -0.557. The molecule has 0 spiro atoms. The summed E-state index contributed by atoms with van der Waals surface area (Å²) in [7, 11) is 0. The van der Waals surface area contributed by atoms with Gasteiger partial charge in [0, 0.05) is 22.3 Å². The Morgan fingerprint density at radius 3 is 2.36 bits per heavy atom. The maximum Gasteiger partial charge on any atom is 0.382 e. The molecule has 0 aliphatic carbocycles. The van der Waals surface area contributed by atoms with Gasteiger partial charge < -0.3 is 14.6 Å². The van der Waals surface area contributed by atoms with Gasteiger partial charge in [-0.05, 0) is 55.5 Å². The average Bonchev–Trinajstić information content (AvgIpc) is 3.04. The van der Waals surface area contributed by atoms with Crippen molar-refractivity contribution in [2.75, 3.05) is 5.32 Å². The van der Waals surface area contributed by atoms with Gasteiger partial charge in [0.2, 0.25) is 5.76 Å². The van der Waals surface area contributed by atoms with Crippen LogP contribution in [0.25, 0.3) is 0 Å². The summed E-state index contributed by atoms with van der Waals surface area (Å²) in [5, 5.41) is 6.93. The van der Waals surface area contributed by atoms with Crippen LogP contribution in [0.2, 0.25) is 5.02 Å². The Kier molecular flexibility index (Phi) is 4.81. The third-order valence-electron chi connectivity index (χ3n) is 3.26. The molecule has 7 heteroatoms. The van der Waals surface area contributed by atoms with Crippen molar-refractivity contribution < 1.29 is 18.8 Å². The number of carbonyl (C=O) groups is 2. The number of carbonyl (C=O) groups excluding carboxylic acids is 2. The summed E-state index contributed by atoms with van der Waals surface area (Å²) >= 11 is 5.80. The molecule has 0 bridgehead atoms. The van der Waals surface area contributed by atoms with Crippen molar-refractivity contribution in [1.29, 1.82) is 0 Å². The lowest BCUT2D eigenvalue weighted by molar-refractivity contribution is 0.0691. The zero-order valence-corrected chi connectivity index (χ0v) is 13.9. The van der Waals surface area contributed by atoms with Crippen molar-refractivity contribution in [3.63, 3.8) is 0 Å². The van der Waals surface area contributed by atoms with Crippen molar-refractivity contribution in [2.45, 2.75) is 6.92 Å². The summed E-state index contributed by atoms with van der Waals surface area (Å²) in [5.41, 5.74) is 1.64. The molecule has 0 radical (unpaired) electrons. The molecule has 126 valence electrons. The molecule has 0 saturated heterocycles. The number of aromatic nitrogens is 1. The van der Waals surface area contributed by atoms with E-state index in [0.717, 1.165) is 0 Å². The van der Waals surface area contributed by atoms with E-state index < -0.39 is 5.97 Å². The van der Waals surface area contributed by atoms with Gasteiger partial charge >= 0.3 is 5.97 Å². The van der Waals surface area contributed by atoms with Crippen LogP contribution in [0.5, 0.6) is 5.75 Å². The SMILES string of the molecule is Cc1cc(C(=O)Oc2ccc(NC(=O)c3ccc(Cl)cc3)cc2)on1. The van der Waals surface area contributed by atoms with Crippen molar-refractivity contribution >= 4 is 29.2 Å². The Bertz CT molecular complexity index is 902. The van der Waals surface area contributed by atoms with E-state index in [-0.39, 0.29) is 11.7 Å². The molecule has 0 fully saturated rings. The van der Waals surface area contributed by atoms with E-state index >= 15 is 0 Å². The van der Waals surface area contributed by atoms with Crippen LogP contribution in [-0.4, -0.2) is 17.0 Å². The average molecular weight is 357 g/mol. The van der Waals surface area contributed by atoms with Crippen LogP contribution in [0, 0.1) is 6.92 Å². The monoisotopic (exact) mass is 356 g/mol. The minimum Gasteiger partial charge on any atom is -0.421 e. The van der Waals surface area contributed by atoms with Crippen molar-refractivity contribution in [3.8, 4) is 5.75 Å². The molecule has 1 heterocycles. The number of hydrogen-bond donors (Lipinski definition) is 1. The van der Waals surface area contributed by atoms with E-state index in [4.69, 9.17) is 20.9 Å². The van der Waals surface area contributed by atoms with Gasteiger partial charge in [0.15, 0.2) is 0 Å². The van der Waals surface area contributed by atoms with Gasteiger partial charge in [-0.2, -0.15) is 0 Å². The van der Waals surface area contributed by atoms with E-state index in [9.17, 15) is 9.59 Å². The quantitative estimate of drug-likeness (QED) is 0.562. The molecular formula is C18H13ClN2O4. The van der Waals surface area contributed by atoms with Crippen molar-refractivity contribution in [3.05, 3.63) is 76.6 Å². The van der Waals surface area contributed by atoms with Gasteiger partial charge in [0.1, 0.15) is 5.75 Å². The number of aryl methyl sites for hydroxylation is 1. The number of nitrogens with zero attached hydrogens (tertiary/aromatic N) is 1. The lowest BCUT2D eigenvalue weighted by Crippen LogP contribution is -2.11. The Morgan fingerprint density at radius 2 is 1.76 bits per heavy atom. The number of rotatable bonds is 4. The number of benzene rings is 2. The molecule has 0 unspecified atom stereocenters. The highest BCUT2D eigenvalue weighted by molar-refractivity contribution is 6.30. The van der Waals surface area contributed by atoms with E-state index in [1.807, 2.05) is 0 Å². The maximum atomic E-state index is 12.1. The Balaban J connectivity index is 1.63. The van der Waals surface area contributed by atoms with Gasteiger partial charge in [0.05, 0.1) is 5.69 Å². The fraction of sp³-hybridized carbons (Fsp3) is 0.0556. The number of halogens is 1. The summed E-state index contributed by atoms with van der Waals surface area (Å²) in [6, 6.07) is 14.4. The summed E-state index contributed by atoms with van der Waals surface area (Å²) in [4.78, 5) is 24.0. The molecule has 1 aromatic heterocycles. The predicted octanol–water partition coefficient (Wildman–Crippen LogP) is 4.11. The second-order valence-electron chi connectivity index (χ2n) is 5.21. The minimum atomic E-state index is -0.640. The first-order valence-electron chi connectivity index (χ1n) is 7.34. The zero-order chi connectivity index (χ0) is 17.8. The topological polar surface area (TPSA) is 81.4 Å². The summed E-state index contributed by atoms with van der Waals surface area (Å²) in [6.45, 7) is 1.71. The highest BCUT2D eigenvalue weighted by atomic mass is 35.5. The lowest BCUT2D eigenvalue weighted by Gasteiger charge is -2.07. The molecule has 2 aromatic carbocycles. The number of ether oxygens (including phenoxy) is 1. The molecule has 3 aromatic rings. The molecule has 3 rings (SSSR count). The van der Waals surface area contributed by atoms with Crippen LogP contribution in [-0.2, 0) is 0 Å². The first-order valence-corrected chi connectivity index (χ1v) is 7.71. The van der Waals surface area contributed by atoms with Crippen molar-refractivity contribution in [1.82, 2.24) is 5.16 Å². The van der Waals surface area contributed by atoms with Crippen LogP contribution in [0.1, 0.15) is 26.6 Å². The van der Waals surface area contributed by atoms with Gasteiger partial charge in [-0.3, -0.25) is 4.79 Å². The molecule has 0 aliphatic heterocycles. The maximum absolute atomic E-state index is 12.1. The zero-order valence-electron chi connectivity index (χ0n) is 13.2. The molecule has 25 heavy (non-hydrogen) atoms. The van der Waals surface area contributed by atoms with Crippen LogP contribution in [0.3, 0.4) is 0 Å². The highest BCUT2D eigenvalue weighted by Gasteiger charge is 2.14. The smallest absolute Gasteiger partial charge is 0.382 e. The lowest BCUT2D eigenvalue weighted by atomic mass is 10.2. The molecular weight excluding hydrogens is 344 g/mol. The van der Waals surface area contributed by atoms with E-state index in [1.165, 1.54) is 6.07 Å². The van der Waals surface area contributed by atoms with Crippen LogP contribution < -0.4 is 10.1 Å². The normalized spacial score (nSPS) is 10.3. The van der Waals surface area contributed by atoms with E-state index in [1.54, 1.807) is 55.5 Å². The van der Waals surface area contributed by atoms with Gasteiger partial charge in [-0.15, -0.1) is 0 Å². The fourth-order valence-corrected chi connectivity index (χ4v) is 2.15.